The molecule has 0 saturated heterocycles. The fraction of sp³-hybridized carbons (Fsp3) is 0.300. The first kappa shape index (κ1) is 18.7. The van der Waals surface area contributed by atoms with Crippen LogP contribution in [0.5, 0.6) is 17.2 Å². The lowest BCUT2D eigenvalue weighted by Gasteiger charge is -2.19. The number of ether oxygens (including phenoxy) is 3. The number of nitrogens with one attached hydrogen (secondary N) is 1. The van der Waals surface area contributed by atoms with Gasteiger partial charge in [-0.05, 0) is 30.7 Å². The Hall–Kier alpha value is -3.06. The molecule has 0 saturated carbocycles. The average molecular weight is 368 g/mol. The minimum absolute atomic E-state index is 0.160. The van der Waals surface area contributed by atoms with Gasteiger partial charge in [0.2, 0.25) is 5.75 Å². The lowest BCUT2D eigenvalue weighted by atomic mass is 10.1. The van der Waals surface area contributed by atoms with Crippen LogP contribution in [0.15, 0.2) is 49.1 Å². The molecule has 7 heteroatoms. The number of aromatic nitrogens is 3. The highest BCUT2D eigenvalue weighted by Crippen LogP contribution is 2.39. The molecule has 0 amide bonds. The summed E-state index contributed by atoms with van der Waals surface area (Å²) >= 11 is 0. The number of nitrogens with zero attached hydrogens (tertiary/aromatic N) is 3. The minimum Gasteiger partial charge on any atom is -0.493 e. The maximum Gasteiger partial charge on any atom is 0.203 e. The van der Waals surface area contributed by atoms with E-state index in [0.717, 1.165) is 11.3 Å². The third-order valence-electron chi connectivity index (χ3n) is 4.46. The lowest BCUT2D eigenvalue weighted by molar-refractivity contribution is 0.321. The van der Waals surface area contributed by atoms with Gasteiger partial charge in [0.15, 0.2) is 11.5 Å². The molecule has 7 nitrogen and oxygen atoms in total. The van der Waals surface area contributed by atoms with Crippen LogP contribution in [0.4, 0.5) is 0 Å². The van der Waals surface area contributed by atoms with E-state index in [-0.39, 0.29) is 6.04 Å². The molecule has 1 aromatic heterocycles. The average Bonchev–Trinajstić information content (AvgIpc) is 3.26. The number of methoxy groups -OCH3 is 3. The van der Waals surface area contributed by atoms with E-state index in [9.17, 15) is 0 Å². The SMILES string of the molecule is COc1ccc(CNC(C)c2ccc(-n3cncn3)cc2)c(OC)c1OC. The van der Waals surface area contributed by atoms with E-state index in [2.05, 4.69) is 34.5 Å². The van der Waals surface area contributed by atoms with Crippen molar-refractivity contribution < 1.29 is 14.2 Å². The van der Waals surface area contributed by atoms with Crippen LogP contribution in [-0.4, -0.2) is 36.1 Å². The van der Waals surface area contributed by atoms with Crippen molar-refractivity contribution in [1.82, 2.24) is 20.1 Å². The molecule has 1 N–H and O–H groups in total. The van der Waals surface area contributed by atoms with Crippen LogP contribution in [0.1, 0.15) is 24.1 Å². The summed E-state index contributed by atoms with van der Waals surface area (Å²) in [5.74, 6) is 1.93. The van der Waals surface area contributed by atoms with Gasteiger partial charge in [-0.2, -0.15) is 5.10 Å². The molecule has 0 radical (unpaired) electrons. The molecule has 2 aromatic carbocycles. The monoisotopic (exact) mass is 368 g/mol. The van der Waals surface area contributed by atoms with Crippen LogP contribution in [0.2, 0.25) is 0 Å². The molecule has 27 heavy (non-hydrogen) atoms. The lowest BCUT2D eigenvalue weighted by Crippen LogP contribution is -2.18. The highest BCUT2D eigenvalue weighted by Gasteiger charge is 2.16. The molecule has 0 aliphatic carbocycles. The second-order valence-electron chi connectivity index (χ2n) is 6.03. The highest BCUT2D eigenvalue weighted by atomic mass is 16.5. The third kappa shape index (κ3) is 4.03. The third-order valence-corrected chi connectivity index (χ3v) is 4.46. The van der Waals surface area contributed by atoms with Crippen LogP contribution in [0.25, 0.3) is 5.69 Å². The maximum absolute atomic E-state index is 5.54. The summed E-state index contributed by atoms with van der Waals surface area (Å²) in [5.41, 5.74) is 3.16. The van der Waals surface area contributed by atoms with E-state index >= 15 is 0 Å². The highest BCUT2D eigenvalue weighted by molar-refractivity contribution is 5.55. The zero-order valence-electron chi connectivity index (χ0n) is 16.0. The van der Waals surface area contributed by atoms with Crippen LogP contribution in [0.3, 0.4) is 0 Å². The van der Waals surface area contributed by atoms with Gasteiger partial charge in [0, 0.05) is 18.2 Å². The Labute approximate surface area is 158 Å². The normalized spacial score (nSPS) is 11.9. The molecule has 0 spiro atoms. The summed E-state index contributed by atoms with van der Waals surface area (Å²) in [4.78, 5) is 3.97. The fourth-order valence-electron chi connectivity index (χ4n) is 2.94. The maximum atomic E-state index is 5.54. The van der Waals surface area contributed by atoms with Crippen LogP contribution >= 0.6 is 0 Å². The van der Waals surface area contributed by atoms with Gasteiger partial charge in [0.05, 0.1) is 27.0 Å². The number of rotatable bonds is 8. The standard InChI is InChI=1S/C20H24N4O3/c1-14(15-5-8-17(9-6-15)24-13-21-12-23-24)22-11-16-7-10-18(25-2)20(27-4)19(16)26-3/h5-10,12-14,22H,11H2,1-4H3. The number of hydrogen-bond donors (Lipinski definition) is 1. The minimum atomic E-state index is 0.160. The Morgan fingerprint density at radius 1 is 0.963 bits per heavy atom. The van der Waals surface area contributed by atoms with Gasteiger partial charge in [-0.25, -0.2) is 9.67 Å². The Bertz CT molecular complexity index is 864. The fourth-order valence-corrected chi connectivity index (χ4v) is 2.94. The van der Waals surface area contributed by atoms with Crippen LogP contribution < -0.4 is 19.5 Å². The summed E-state index contributed by atoms with van der Waals surface area (Å²) in [6.45, 7) is 2.76. The van der Waals surface area contributed by atoms with Crippen LogP contribution in [-0.2, 0) is 6.54 Å². The van der Waals surface area contributed by atoms with Crippen molar-refractivity contribution in [3.63, 3.8) is 0 Å². The van der Waals surface area contributed by atoms with Crippen LogP contribution in [0, 0.1) is 0 Å². The molecule has 0 aliphatic heterocycles. The quantitative estimate of drug-likeness (QED) is 0.659. The molecule has 1 unspecified atom stereocenters. The number of benzene rings is 2. The topological polar surface area (TPSA) is 70.4 Å². The van der Waals surface area contributed by atoms with Gasteiger partial charge < -0.3 is 19.5 Å². The van der Waals surface area contributed by atoms with Gasteiger partial charge >= 0.3 is 0 Å². The van der Waals surface area contributed by atoms with Gasteiger partial charge in [0.1, 0.15) is 12.7 Å². The van der Waals surface area contributed by atoms with Crippen molar-refractivity contribution in [2.24, 2.45) is 0 Å². The largest absolute Gasteiger partial charge is 0.493 e. The van der Waals surface area contributed by atoms with E-state index in [1.54, 1.807) is 32.3 Å². The van der Waals surface area contributed by atoms with Crippen molar-refractivity contribution in [3.05, 3.63) is 60.2 Å². The number of hydrogen-bond acceptors (Lipinski definition) is 6. The van der Waals surface area contributed by atoms with E-state index in [1.165, 1.54) is 11.9 Å². The first-order valence-electron chi connectivity index (χ1n) is 8.64. The summed E-state index contributed by atoms with van der Waals surface area (Å²) in [6.07, 6.45) is 3.20. The molecular weight excluding hydrogens is 344 g/mol. The summed E-state index contributed by atoms with van der Waals surface area (Å²) in [5, 5.41) is 7.66. The van der Waals surface area contributed by atoms with Crippen molar-refractivity contribution >= 4 is 0 Å². The smallest absolute Gasteiger partial charge is 0.203 e. The van der Waals surface area contributed by atoms with Crippen molar-refractivity contribution in [2.45, 2.75) is 19.5 Å². The van der Waals surface area contributed by atoms with Crippen molar-refractivity contribution in [3.8, 4) is 22.9 Å². The zero-order chi connectivity index (χ0) is 19.2. The predicted octanol–water partition coefficient (Wildman–Crippen LogP) is 3.14. The molecule has 3 rings (SSSR count). The molecule has 0 bridgehead atoms. The molecule has 0 aliphatic rings. The van der Waals surface area contributed by atoms with Gasteiger partial charge in [0.25, 0.3) is 0 Å². The van der Waals surface area contributed by atoms with E-state index in [1.807, 2.05) is 24.3 Å². The van der Waals surface area contributed by atoms with Gasteiger partial charge in [-0.1, -0.05) is 18.2 Å². The molecule has 0 fully saturated rings. The van der Waals surface area contributed by atoms with E-state index in [4.69, 9.17) is 14.2 Å². The van der Waals surface area contributed by atoms with Crippen molar-refractivity contribution in [1.29, 1.82) is 0 Å². The Balaban J connectivity index is 1.71. The Morgan fingerprint density at radius 2 is 1.70 bits per heavy atom. The molecular formula is C20H24N4O3. The molecule has 3 aromatic rings. The van der Waals surface area contributed by atoms with E-state index < -0.39 is 0 Å². The Morgan fingerprint density at radius 3 is 2.30 bits per heavy atom. The van der Waals surface area contributed by atoms with E-state index in [0.29, 0.717) is 23.8 Å². The second kappa shape index (κ2) is 8.55. The summed E-state index contributed by atoms with van der Waals surface area (Å²) in [6, 6.07) is 12.2. The Kier molecular flexibility index (Phi) is 5.93. The molecule has 142 valence electrons. The summed E-state index contributed by atoms with van der Waals surface area (Å²) in [7, 11) is 4.85. The van der Waals surface area contributed by atoms with Gasteiger partial charge in [-0.15, -0.1) is 0 Å². The van der Waals surface area contributed by atoms with Crippen molar-refractivity contribution in [2.75, 3.05) is 21.3 Å². The van der Waals surface area contributed by atoms with Gasteiger partial charge in [-0.3, -0.25) is 0 Å². The first-order valence-corrected chi connectivity index (χ1v) is 8.64. The summed E-state index contributed by atoms with van der Waals surface area (Å²) < 4.78 is 18.1. The second-order valence-corrected chi connectivity index (χ2v) is 6.03. The predicted molar refractivity (Wildman–Crippen MR) is 103 cm³/mol. The molecule has 1 atom stereocenters. The molecule has 1 heterocycles. The zero-order valence-corrected chi connectivity index (χ0v) is 16.0. The first-order chi connectivity index (χ1) is 13.2.